The van der Waals surface area contributed by atoms with E-state index in [9.17, 15) is 14.7 Å². The standard InChI is InChI=1S/C10H4I3NO3/c11-3-1-4(12)8(13)9-7(3)5(15)2-6(16)10(17)14-9/h1-2,15H,(H,14,16,17). The van der Waals surface area contributed by atoms with Gasteiger partial charge in [-0.25, -0.2) is 0 Å². The molecule has 0 amide bonds. The molecule has 0 aliphatic carbocycles. The average Bonchev–Trinajstić information content (AvgIpc) is 2.34. The summed E-state index contributed by atoms with van der Waals surface area (Å²) in [7, 11) is 0. The molecule has 0 spiro atoms. The SMILES string of the molecule is O=c1cc(O)c2c(I)cc(I)c(I)c2[nH]c1=O. The third-order valence-corrected chi connectivity index (χ3v) is 6.01. The van der Waals surface area contributed by atoms with Gasteiger partial charge >= 0.3 is 0 Å². The lowest BCUT2D eigenvalue weighted by Gasteiger charge is -2.04. The van der Waals surface area contributed by atoms with Crippen LogP contribution in [0.15, 0.2) is 21.7 Å². The van der Waals surface area contributed by atoms with Crippen molar-refractivity contribution in [2.24, 2.45) is 0 Å². The normalized spacial score (nSPS) is 10.8. The van der Waals surface area contributed by atoms with E-state index in [1.165, 1.54) is 0 Å². The summed E-state index contributed by atoms with van der Waals surface area (Å²) < 4.78 is 2.54. The largest absolute Gasteiger partial charge is 0.507 e. The third-order valence-electron chi connectivity index (χ3n) is 2.16. The Morgan fingerprint density at radius 3 is 2.35 bits per heavy atom. The second-order valence-electron chi connectivity index (χ2n) is 3.25. The fourth-order valence-corrected chi connectivity index (χ4v) is 3.99. The maximum absolute atomic E-state index is 11.5. The Hall–Kier alpha value is 0.0900. The predicted molar refractivity (Wildman–Crippen MR) is 90.7 cm³/mol. The monoisotopic (exact) mass is 567 g/mol. The highest BCUT2D eigenvalue weighted by atomic mass is 127. The van der Waals surface area contributed by atoms with Gasteiger partial charge in [0.05, 0.1) is 14.5 Å². The first-order valence-corrected chi connectivity index (χ1v) is 7.59. The maximum atomic E-state index is 11.5. The van der Waals surface area contributed by atoms with Crippen LogP contribution < -0.4 is 11.0 Å². The molecule has 1 aromatic heterocycles. The van der Waals surface area contributed by atoms with Crippen LogP contribution in [-0.2, 0) is 0 Å². The molecule has 2 N–H and O–H groups in total. The summed E-state index contributed by atoms with van der Waals surface area (Å²) >= 11 is 6.27. The van der Waals surface area contributed by atoms with Crippen LogP contribution in [0.5, 0.6) is 5.75 Å². The van der Waals surface area contributed by atoms with Gasteiger partial charge in [-0.2, -0.15) is 0 Å². The number of halogens is 3. The van der Waals surface area contributed by atoms with E-state index < -0.39 is 11.0 Å². The van der Waals surface area contributed by atoms with Crippen LogP contribution in [0.4, 0.5) is 0 Å². The molecule has 0 unspecified atom stereocenters. The number of nitrogens with one attached hydrogen (secondary N) is 1. The van der Waals surface area contributed by atoms with Crippen molar-refractivity contribution < 1.29 is 5.11 Å². The van der Waals surface area contributed by atoms with Gasteiger partial charge < -0.3 is 10.1 Å². The Kier molecular flexibility index (Phi) is 3.97. The summed E-state index contributed by atoms with van der Waals surface area (Å²) in [5.74, 6) is -0.179. The van der Waals surface area contributed by atoms with Crippen LogP contribution in [0, 0.1) is 10.7 Å². The first-order chi connectivity index (χ1) is 7.91. The zero-order valence-corrected chi connectivity index (χ0v) is 14.5. The molecule has 88 valence electrons. The molecule has 0 fully saturated rings. The maximum Gasteiger partial charge on any atom is 0.296 e. The van der Waals surface area contributed by atoms with Crippen molar-refractivity contribution in [1.82, 2.24) is 4.98 Å². The molecule has 1 aromatic carbocycles. The molecule has 2 aromatic rings. The fraction of sp³-hybridized carbons (Fsp3) is 0. The molecular formula is C10H4I3NO3. The first-order valence-electron chi connectivity index (χ1n) is 4.35. The number of fused-ring (bicyclic) bond motifs is 1. The van der Waals surface area contributed by atoms with E-state index in [1.807, 2.05) is 6.07 Å². The second kappa shape index (κ2) is 4.99. The van der Waals surface area contributed by atoms with Gasteiger partial charge in [-0.05, 0) is 73.8 Å². The summed E-state index contributed by atoms with van der Waals surface area (Å²) in [5.41, 5.74) is -0.988. The number of rotatable bonds is 0. The minimum atomic E-state index is -0.750. The Morgan fingerprint density at radius 1 is 1.06 bits per heavy atom. The van der Waals surface area contributed by atoms with E-state index >= 15 is 0 Å². The number of aromatic amines is 1. The van der Waals surface area contributed by atoms with Gasteiger partial charge in [-0.1, -0.05) is 0 Å². The molecule has 0 atom stereocenters. The smallest absolute Gasteiger partial charge is 0.296 e. The molecule has 0 radical (unpaired) electrons. The quantitative estimate of drug-likeness (QED) is 0.292. The Morgan fingerprint density at radius 2 is 1.71 bits per heavy atom. The highest BCUT2D eigenvalue weighted by molar-refractivity contribution is 14.1. The number of aromatic hydroxyl groups is 1. The molecule has 1 heterocycles. The second-order valence-corrected chi connectivity index (χ2v) is 6.66. The molecule has 0 bridgehead atoms. The lowest BCUT2D eigenvalue weighted by Crippen LogP contribution is -2.22. The molecule has 2 rings (SSSR count). The van der Waals surface area contributed by atoms with Crippen molar-refractivity contribution >= 4 is 78.7 Å². The minimum absolute atomic E-state index is 0.179. The van der Waals surface area contributed by atoms with E-state index in [-0.39, 0.29) is 5.75 Å². The Labute approximate surface area is 136 Å². The van der Waals surface area contributed by atoms with Crippen LogP contribution in [0.2, 0.25) is 0 Å². The van der Waals surface area contributed by atoms with Gasteiger partial charge in [-0.3, -0.25) is 9.59 Å². The molecule has 17 heavy (non-hydrogen) atoms. The number of H-pyrrole nitrogens is 1. The number of aromatic nitrogens is 1. The zero-order valence-electron chi connectivity index (χ0n) is 8.05. The lowest BCUT2D eigenvalue weighted by molar-refractivity contribution is 0.481. The third kappa shape index (κ3) is 2.45. The van der Waals surface area contributed by atoms with Crippen molar-refractivity contribution in [3.63, 3.8) is 0 Å². The molecule has 7 heteroatoms. The average molecular weight is 567 g/mol. The highest BCUT2D eigenvalue weighted by Gasteiger charge is 2.12. The van der Waals surface area contributed by atoms with Gasteiger partial charge in [0.15, 0.2) is 0 Å². The Bertz CT molecular complexity index is 739. The van der Waals surface area contributed by atoms with Crippen molar-refractivity contribution in [1.29, 1.82) is 0 Å². The minimum Gasteiger partial charge on any atom is -0.507 e. The number of benzene rings is 1. The predicted octanol–water partition coefficient (Wildman–Crippen LogP) is 2.41. The summed E-state index contributed by atoms with van der Waals surface area (Å²) in [5, 5.41) is 10.4. The number of hydrogen-bond donors (Lipinski definition) is 2. The molecule has 0 aliphatic rings. The van der Waals surface area contributed by atoms with Crippen LogP contribution in [0.25, 0.3) is 10.9 Å². The fourth-order valence-electron chi connectivity index (χ4n) is 1.40. The van der Waals surface area contributed by atoms with Crippen LogP contribution in [0.1, 0.15) is 0 Å². The van der Waals surface area contributed by atoms with Gasteiger partial charge in [0, 0.05) is 13.2 Å². The van der Waals surface area contributed by atoms with Crippen LogP contribution in [0.3, 0.4) is 0 Å². The van der Waals surface area contributed by atoms with Gasteiger partial charge in [-0.15, -0.1) is 0 Å². The molecular weight excluding hydrogens is 563 g/mol. The summed E-state index contributed by atoms with van der Waals surface area (Å²) in [6, 6.07) is 2.83. The topological polar surface area (TPSA) is 70.2 Å². The zero-order chi connectivity index (χ0) is 12.7. The van der Waals surface area contributed by atoms with Gasteiger partial charge in [0.25, 0.3) is 5.56 Å². The summed E-state index contributed by atoms with van der Waals surface area (Å²) in [6.45, 7) is 0. The van der Waals surface area contributed by atoms with E-state index in [2.05, 4.69) is 72.8 Å². The highest BCUT2D eigenvalue weighted by Crippen LogP contribution is 2.31. The van der Waals surface area contributed by atoms with E-state index in [4.69, 9.17) is 0 Å². The van der Waals surface area contributed by atoms with Gasteiger partial charge in [0.1, 0.15) is 5.75 Å². The molecule has 0 saturated heterocycles. The summed E-state index contributed by atoms with van der Waals surface area (Å²) in [4.78, 5) is 25.4. The van der Waals surface area contributed by atoms with E-state index in [0.717, 1.165) is 16.8 Å². The van der Waals surface area contributed by atoms with Crippen molar-refractivity contribution in [2.45, 2.75) is 0 Å². The van der Waals surface area contributed by atoms with Crippen LogP contribution >= 0.6 is 67.8 Å². The van der Waals surface area contributed by atoms with Crippen molar-refractivity contribution in [3.8, 4) is 5.75 Å². The van der Waals surface area contributed by atoms with Crippen molar-refractivity contribution in [2.75, 3.05) is 0 Å². The van der Waals surface area contributed by atoms with E-state index in [1.54, 1.807) is 0 Å². The summed E-state index contributed by atoms with van der Waals surface area (Å²) in [6.07, 6.45) is 0. The molecule has 0 saturated carbocycles. The molecule has 0 aliphatic heterocycles. The van der Waals surface area contributed by atoms with Crippen LogP contribution in [-0.4, -0.2) is 10.1 Å². The lowest BCUT2D eigenvalue weighted by atomic mass is 10.2. The van der Waals surface area contributed by atoms with Gasteiger partial charge in [0.2, 0.25) is 5.43 Å². The van der Waals surface area contributed by atoms with Crippen molar-refractivity contribution in [3.05, 3.63) is 43.4 Å². The number of hydrogen-bond acceptors (Lipinski definition) is 3. The Balaban J connectivity index is 3.24. The molecule has 4 nitrogen and oxygen atoms in total. The van der Waals surface area contributed by atoms with E-state index in [0.29, 0.717) is 10.9 Å². The first kappa shape index (κ1) is 13.5.